The summed E-state index contributed by atoms with van der Waals surface area (Å²) in [5, 5.41) is 0. The lowest BCUT2D eigenvalue weighted by atomic mass is 9.91. The highest BCUT2D eigenvalue weighted by molar-refractivity contribution is 4.59. The first-order valence-corrected chi connectivity index (χ1v) is 16.7. The van der Waals surface area contributed by atoms with Crippen molar-refractivity contribution >= 4 is 0 Å². The van der Waals surface area contributed by atoms with Gasteiger partial charge in [0.1, 0.15) is 0 Å². The Hall–Kier alpha value is 0. The molecular formula is C34H70. The Morgan fingerprint density at radius 2 is 0.588 bits per heavy atom. The fourth-order valence-electron chi connectivity index (χ4n) is 5.60. The summed E-state index contributed by atoms with van der Waals surface area (Å²) in [6.07, 6.45) is 41.3. The lowest BCUT2D eigenvalue weighted by molar-refractivity contribution is 0.374. The van der Waals surface area contributed by atoms with Gasteiger partial charge < -0.3 is 0 Å². The molecule has 0 saturated heterocycles. The van der Waals surface area contributed by atoms with Gasteiger partial charge in [-0.2, -0.15) is 0 Å². The van der Waals surface area contributed by atoms with Crippen LogP contribution in [0.2, 0.25) is 0 Å². The van der Waals surface area contributed by atoms with Gasteiger partial charge in [-0.15, -0.1) is 0 Å². The molecular weight excluding hydrogens is 408 g/mol. The molecule has 0 heterocycles. The van der Waals surface area contributed by atoms with Crippen molar-refractivity contribution in [3.8, 4) is 0 Å². The third kappa shape index (κ3) is 28.2. The molecule has 0 rings (SSSR count). The third-order valence-corrected chi connectivity index (χ3v) is 8.30. The van der Waals surface area contributed by atoms with Crippen LogP contribution in [0.4, 0.5) is 0 Å². The summed E-state index contributed by atoms with van der Waals surface area (Å²) >= 11 is 0. The molecule has 0 bridgehead atoms. The fraction of sp³-hybridized carbons (Fsp3) is 1.00. The molecule has 2 unspecified atom stereocenters. The van der Waals surface area contributed by atoms with E-state index in [2.05, 4.69) is 27.7 Å². The predicted octanol–water partition coefficient (Wildman–Crippen LogP) is 13.2. The van der Waals surface area contributed by atoms with Gasteiger partial charge in [0.25, 0.3) is 0 Å². The van der Waals surface area contributed by atoms with Crippen LogP contribution in [0.3, 0.4) is 0 Å². The first kappa shape index (κ1) is 34.0. The highest BCUT2D eigenvalue weighted by atomic mass is 14.1. The maximum absolute atomic E-state index is 2.46. The largest absolute Gasteiger partial charge is 0.0654 e. The lowest BCUT2D eigenvalue weighted by Gasteiger charge is -2.15. The molecule has 0 nitrogen and oxygen atoms in total. The van der Waals surface area contributed by atoms with E-state index in [9.17, 15) is 0 Å². The Bertz CT molecular complexity index is 346. The Morgan fingerprint density at radius 3 is 0.853 bits per heavy atom. The van der Waals surface area contributed by atoms with Gasteiger partial charge in [0, 0.05) is 0 Å². The van der Waals surface area contributed by atoms with Crippen LogP contribution in [-0.4, -0.2) is 0 Å². The predicted molar refractivity (Wildman–Crippen MR) is 159 cm³/mol. The first-order chi connectivity index (χ1) is 16.7. The number of hydrogen-bond donors (Lipinski definition) is 0. The molecule has 0 fully saturated rings. The second-order valence-electron chi connectivity index (χ2n) is 12.1. The minimum absolute atomic E-state index is 0.925. The van der Waals surface area contributed by atoms with Gasteiger partial charge in [-0.05, 0) is 18.3 Å². The summed E-state index contributed by atoms with van der Waals surface area (Å²) in [7, 11) is 0. The minimum Gasteiger partial charge on any atom is -0.0654 e. The third-order valence-electron chi connectivity index (χ3n) is 8.30. The molecule has 206 valence electrons. The summed E-state index contributed by atoms with van der Waals surface area (Å²) in [4.78, 5) is 0. The van der Waals surface area contributed by atoms with Crippen LogP contribution >= 0.6 is 0 Å². The van der Waals surface area contributed by atoms with E-state index in [1.807, 2.05) is 0 Å². The van der Waals surface area contributed by atoms with Gasteiger partial charge >= 0.3 is 0 Å². The van der Waals surface area contributed by atoms with E-state index in [0.717, 1.165) is 11.8 Å². The van der Waals surface area contributed by atoms with Gasteiger partial charge in [-0.3, -0.25) is 0 Å². The summed E-state index contributed by atoms with van der Waals surface area (Å²) < 4.78 is 0. The van der Waals surface area contributed by atoms with E-state index in [1.165, 1.54) is 180 Å². The zero-order valence-corrected chi connectivity index (χ0v) is 25.0. The highest BCUT2D eigenvalue weighted by Gasteiger charge is 2.06. The molecule has 0 aliphatic heterocycles. The van der Waals surface area contributed by atoms with Crippen molar-refractivity contribution < 1.29 is 0 Å². The Kier molecular flexibility index (Phi) is 29.2. The summed E-state index contributed by atoms with van der Waals surface area (Å²) in [5.41, 5.74) is 0. The molecule has 0 aromatic rings. The summed E-state index contributed by atoms with van der Waals surface area (Å²) in [5.74, 6) is 1.87. The van der Waals surface area contributed by atoms with Crippen LogP contribution in [0.1, 0.15) is 207 Å². The molecule has 0 aromatic heterocycles. The van der Waals surface area contributed by atoms with Crippen molar-refractivity contribution in [2.24, 2.45) is 11.8 Å². The van der Waals surface area contributed by atoms with Gasteiger partial charge in [0.05, 0.1) is 0 Å². The molecule has 0 N–H and O–H groups in total. The van der Waals surface area contributed by atoms with E-state index < -0.39 is 0 Å². The molecule has 0 saturated carbocycles. The second-order valence-corrected chi connectivity index (χ2v) is 12.1. The van der Waals surface area contributed by atoms with Crippen molar-refractivity contribution in [1.82, 2.24) is 0 Å². The number of unbranched alkanes of at least 4 members (excludes halogenated alkanes) is 24. The molecule has 34 heavy (non-hydrogen) atoms. The van der Waals surface area contributed by atoms with Crippen LogP contribution in [0.25, 0.3) is 0 Å². The molecule has 0 aliphatic rings. The first-order valence-electron chi connectivity index (χ1n) is 16.7. The Morgan fingerprint density at radius 1 is 0.324 bits per heavy atom. The number of rotatable bonds is 29. The van der Waals surface area contributed by atoms with Crippen LogP contribution in [0, 0.1) is 11.8 Å². The van der Waals surface area contributed by atoms with Crippen molar-refractivity contribution in [2.75, 3.05) is 0 Å². The van der Waals surface area contributed by atoms with E-state index in [0.29, 0.717) is 0 Å². The van der Waals surface area contributed by atoms with Crippen molar-refractivity contribution in [3.63, 3.8) is 0 Å². The molecule has 0 aliphatic carbocycles. The average molecular weight is 479 g/mol. The zero-order valence-electron chi connectivity index (χ0n) is 25.0. The van der Waals surface area contributed by atoms with Crippen LogP contribution in [0.5, 0.6) is 0 Å². The molecule has 0 amide bonds. The summed E-state index contributed by atoms with van der Waals surface area (Å²) in [6, 6.07) is 0. The molecule has 0 heteroatoms. The van der Waals surface area contributed by atoms with Gasteiger partial charge in [0.2, 0.25) is 0 Å². The topological polar surface area (TPSA) is 0 Å². The molecule has 2 atom stereocenters. The second kappa shape index (κ2) is 29.2. The smallest absolute Gasteiger partial charge is 0.0440 e. The summed E-state index contributed by atoms with van der Waals surface area (Å²) in [6.45, 7) is 9.52. The van der Waals surface area contributed by atoms with Crippen LogP contribution in [-0.2, 0) is 0 Å². The van der Waals surface area contributed by atoms with Crippen LogP contribution < -0.4 is 0 Å². The lowest BCUT2D eigenvalue weighted by Crippen LogP contribution is -2.02. The van der Waals surface area contributed by atoms with E-state index >= 15 is 0 Å². The highest BCUT2D eigenvalue weighted by Crippen LogP contribution is 2.21. The standard InChI is InChI=1S/C34H70/c1-5-7-8-9-10-11-12-13-14-15-16-17-18-19-20-21-22-23-24-25-26-27-28-29-30-31-34(4)32-33(3)6-2/h33-34H,5-32H2,1-4H3. The maximum atomic E-state index is 2.46. The Labute approximate surface area is 219 Å². The monoisotopic (exact) mass is 479 g/mol. The van der Waals surface area contributed by atoms with E-state index in [-0.39, 0.29) is 0 Å². The van der Waals surface area contributed by atoms with Crippen molar-refractivity contribution in [1.29, 1.82) is 0 Å². The fourth-order valence-corrected chi connectivity index (χ4v) is 5.60. The van der Waals surface area contributed by atoms with Gasteiger partial charge in [0.15, 0.2) is 0 Å². The van der Waals surface area contributed by atoms with Crippen molar-refractivity contribution in [2.45, 2.75) is 207 Å². The molecule has 0 radical (unpaired) electrons. The SMILES string of the molecule is CCCCCCCCCCCCCCCCCCCCCCCCCCCC(C)CC(C)CC. The minimum atomic E-state index is 0.925. The number of hydrogen-bond acceptors (Lipinski definition) is 0. The maximum Gasteiger partial charge on any atom is -0.0440 e. The average Bonchev–Trinajstić information content (AvgIpc) is 2.83. The zero-order chi connectivity index (χ0) is 25.0. The molecule has 0 spiro atoms. The van der Waals surface area contributed by atoms with Gasteiger partial charge in [-0.25, -0.2) is 0 Å². The quantitative estimate of drug-likeness (QED) is 0.0937. The van der Waals surface area contributed by atoms with Crippen LogP contribution in [0.15, 0.2) is 0 Å². The van der Waals surface area contributed by atoms with Crippen molar-refractivity contribution in [3.05, 3.63) is 0 Å². The Balaban J connectivity index is 3.08. The normalized spacial score (nSPS) is 13.4. The van der Waals surface area contributed by atoms with Gasteiger partial charge in [-0.1, -0.05) is 201 Å². The van der Waals surface area contributed by atoms with E-state index in [1.54, 1.807) is 0 Å². The van der Waals surface area contributed by atoms with E-state index in [4.69, 9.17) is 0 Å². The molecule has 0 aromatic carbocycles.